The van der Waals surface area contributed by atoms with Crippen LogP contribution in [0.15, 0.2) is 36.5 Å². The number of hydrogen-bond donors (Lipinski definition) is 2. The molecular weight excluding hydrogens is 288 g/mol. The average Bonchev–Trinajstić information content (AvgIpc) is 2.40. The third-order valence-corrected chi connectivity index (χ3v) is 3.17. The van der Waals surface area contributed by atoms with Crippen molar-refractivity contribution in [3.05, 3.63) is 52.1 Å². The summed E-state index contributed by atoms with van der Waals surface area (Å²) in [5.41, 5.74) is 1.17. The van der Waals surface area contributed by atoms with E-state index in [1.165, 1.54) is 12.3 Å². The van der Waals surface area contributed by atoms with Crippen molar-refractivity contribution < 1.29 is 14.8 Å². The van der Waals surface area contributed by atoms with Crippen molar-refractivity contribution in [3.8, 4) is 5.88 Å². The van der Waals surface area contributed by atoms with Gasteiger partial charge in [0.15, 0.2) is 0 Å². The van der Waals surface area contributed by atoms with E-state index < -0.39 is 7.12 Å². The van der Waals surface area contributed by atoms with Crippen LogP contribution in [-0.2, 0) is 6.61 Å². The van der Waals surface area contributed by atoms with Crippen molar-refractivity contribution in [2.24, 2.45) is 0 Å². The van der Waals surface area contributed by atoms with Gasteiger partial charge in [-0.25, -0.2) is 4.98 Å². The molecule has 4 nitrogen and oxygen atoms in total. The number of ether oxygens (including phenoxy) is 1. The van der Waals surface area contributed by atoms with Crippen LogP contribution in [0.2, 0.25) is 10.0 Å². The summed E-state index contributed by atoms with van der Waals surface area (Å²) >= 11 is 11.7. The lowest BCUT2D eigenvalue weighted by Gasteiger charge is -2.07. The molecule has 0 aliphatic rings. The summed E-state index contributed by atoms with van der Waals surface area (Å²) in [4.78, 5) is 3.95. The molecule has 1 aromatic carbocycles. The third-order valence-electron chi connectivity index (χ3n) is 2.43. The van der Waals surface area contributed by atoms with E-state index in [0.717, 1.165) is 5.56 Å². The van der Waals surface area contributed by atoms with Crippen molar-refractivity contribution in [2.45, 2.75) is 6.61 Å². The Bertz CT molecular complexity index is 563. The van der Waals surface area contributed by atoms with Gasteiger partial charge < -0.3 is 14.8 Å². The summed E-state index contributed by atoms with van der Waals surface area (Å²) in [6.45, 7) is 0.297. The molecule has 0 radical (unpaired) electrons. The fourth-order valence-corrected chi connectivity index (χ4v) is 1.74. The highest BCUT2D eigenvalue weighted by molar-refractivity contribution is 6.58. The van der Waals surface area contributed by atoms with Gasteiger partial charge in [0.2, 0.25) is 5.88 Å². The van der Waals surface area contributed by atoms with Crippen LogP contribution in [0.1, 0.15) is 5.56 Å². The Morgan fingerprint density at radius 3 is 2.47 bits per heavy atom. The van der Waals surface area contributed by atoms with Crippen molar-refractivity contribution >= 4 is 35.8 Å². The third kappa shape index (κ3) is 3.85. The summed E-state index contributed by atoms with van der Waals surface area (Å²) in [5.74, 6) is 0.385. The van der Waals surface area contributed by atoms with Gasteiger partial charge >= 0.3 is 7.12 Å². The monoisotopic (exact) mass is 297 g/mol. The number of halogens is 2. The van der Waals surface area contributed by atoms with Gasteiger partial charge in [-0.2, -0.15) is 0 Å². The number of hydrogen-bond acceptors (Lipinski definition) is 4. The number of rotatable bonds is 4. The maximum Gasteiger partial charge on any atom is 0.490 e. The lowest BCUT2D eigenvalue weighted by atomic mass is 9.82. The van der Waals surface area contributed by atoms with Crippen molar-refractivity contribution in [2.75, 3.05) is 0 Å². The molecular formula is C12H10BCl2NO3. The second-order valence-electron chi connectivity index (χ2n) is 3.84. The highest BCUT2D eigenvalue weighted by Gasteiger charge is 2.10. The van der Waals surface area contributed by atoms with E-state index in [9.17, 15) is 0 Å². The number of benzene rings is 1. The van der Waals surface area contributed by atoms with E-state index in [1.807, 2.05) is 0 Å². The zero-order valence-corrected chi connectivity index (χ0v) is 11.3. The Hall–Kier alpha value is -1.27. The quantitative estimate of drug-likeness (QED) is 0.843. The first kappa shape index (κ1) is 14.2. The van der Waals surface area contributed by atoms with Gasteiger partial charge in [-0.15, -0.1) is 0 Å². The average molecular weight is 298 g/mol. The van der Waals surface area contributed by atoms with Gasteiger partial charge in [0.1, 0.15) is 6.61 Å². The molecule has 0 amide bonds. The Balaban J connectivity index is 2.00. The second-order valence-corrected chi connectivity index (χ2v) is 4.65. The van der Waals surface area contributed by atoms with Crippen molar-refractivity contribution in [1.82, 2.24) is 4.98 Å². The Morgan fingerprint density at radius 1 is 1.11 bits per heavy atom. The summed E-state index contributed by atoms with van der Waals surface area (Å²) in [5, 5.41) is 18.8. The number of aromatic nitrogens is 1. The molecule has 0 fully saturated rings. The molecule has 19 heavy (non-hydrogen) atoms. The van der Waals surface area contributed by atoms with Gasteiger partial charge in [-0.1, -0.05) is 35.3 Å². The molecule has 0 spiro atoms. The van der Waals surface area contributed by atoms with E-state index in [0.29, 0.717) is 28.0 Å². The standard InChI is InChI=1S/C12H10BCl2NO3/c14-10-3-1-8(5-11(10)15)7-19-12-4-2-9(6-16-12)13(17)18/h1-6,17-18H,7H2. The number of pyridine rings is 1. The molecule has 1 heterocycles. The molecule has 0 bridgehead atoms. The predicted molar refractivity (Wildman–Crippen MR) is 74.9 cm³/mol. The maximum absolute atomic E-state index is 8.93. The van der Waals surface area contributed by atoms with E-state index >= 15 is 0 Å². The summed E-state index contributed by atoms with van der Waals surface area (Å²) in [6, 6.07) is 8.31. The molecule has 1 aromatic heterocycles. The summed E-state index contributed by atoms with van der Waals surface area (Å²) in [7, 11) is -1.53. The molecule has 0 saturated heterocycles. The Kier molecular flexibility index (Phi) is 4.66. The van der Waals surface area contributed by atoms with E-state index in [4.69, 9.17) is 38.0 Å². The minimum Gasteiger partial charge on any atom is -0.473 e. The largest absolute Gasteiger partial charge is 0.490 e. The lowest BCUT2D eigenvalue weighted by molar-refractivity contribution is 0.294. The van der Waals surface area contributed by atoms with Crippen LogP contribution in [0.3, 0.4) is 0 Å². The van der Waals surface area contributed by atoms with Crippen LogP contribution in [0, 0.1) is 0 Å². The van der Waals surface area contributed by atoms with Gasteiger partial charge in [0.05, 0.1) is 10.0 Å². The molecule has 98 valence electrons. The molecule has 2 N–H and O–H groups in total. The molecule has 0 unspecified atom stereocenters. The SMILES string of the molecule is OB(O)c1ccc(OCc2ccc(Cl)c(Cl)c2)nc1. The van der Waals surface area contributed by atoms with Gasteiger partial charge in [-0.05, 0) is 23.8 Å². The van der Waals surface area contributed by atoms with Gasteiger partial charge in [0.25, 0.3) is 0 Å². The lowest BCUT2D eigenvalue weighted by Crippen LogP contribution is -2.29. The molecule has 0 saturated carbocycles. The second kappa shape index (κ2) is 6.26. The Morgan fingerprint density at radius 2 is 1.89 bits per heavy atom. The van der Waals surface area contributed by atoms with Crippen LogP contribution in [0.25, 0.3) is 0 Å². The van der Waals surface area contributed by atoms with E-state index in [-0.39, 0.29) is 0 Å². The fraction of sp³-hybridized carbons (Fsp3) is 0.0833. The smallest absolute Gasteiger partial charge is 0.473 e. The predicted octanol–water partition coefficient (Wildman–Crippen LogP) is 1.65. The van der Waals surface area contributed by atoms with Crippen LogP contribution in [-0.4, -0.2) is 22.2 Å². The van der Waals surface area contributed by atoms with E-state index in [2.05, 4.69) is 4.98 Å². The van der Waals surface area contributed by atoms with Gasteiger partial charge in [0, 0.05) is 11.7 Å². The highest BCUT2D eigenvalue weighted by Crippen LogP contribution is 2.23. The first-order chi connectivity index (χ1) is 9.06. The first-order valence-corrected chi connectivity index (χ1v) is 6.20. The minimum atomic E-state index is -1.53. The van der Waals surface area contributed by atoms with Crippen LogP contribution < -0.4 is 10.2 Å². The molecule has 2 rings (SSSR count). The van der Waals surface area contributed by atoms with Crippen LogP contribution in [0.4, 0.5) is 0 Å². The van der Waals surface area contributed by atoms with E-state index in [1.54, 1.807) is 24.3 Å². The molecule has 0 aliphatic heterocycles. The molecule has 7 heteroatoms. The maximum atomic E-state index is 8.93. The Labute approximate surface area is 120 Å². The van der Waals surface area contributed by atoms with Crippen LogP contribution >= 0.6 is 23.2 Å². The minimum absolute atomic E-state index is 0.297. The summed E-state index contributed by atoms with van der Waals surface area (Å²) < 4.78 is 5.45. The molecule has 2 aromatic rings. The first-order valence-electron chi connectivity index (χ1n) is 5.45. The molecule has 0 aliphatic carbocycles. The normalized spacial score (nSPS) is 10.3. The zero-order valence-electron chi connectivity index (χ0n) is 9.75. The molecule has 0 atom stereocenters. The zero-order chi connectivity index (χ0) is 13.8. The van der Waals surface area contributed by atoms with Crippen molar-refractivity contribution in [3.63, 3.8) is 0 Å². The fourth-order valence-electron chi connectivity index (χ4n) is 1.42. The van der Waals surface area contributed by atoms with Crippen molar-refractivity contribution in [1.29, 1.82) is 0 Å². The highest BCUT2D eigenvalue weighted by atomic mass is 35.5. The van der Waals surface area contributed by atoms with Crippen LogP contribution in [0.5, 0.6) is 5.88 Å². The summed E-state index contributed by atoms with van der Waals surface area (Å²) in [6.07, 6.45) is 1.34. The van der Waals surface area contributed by atoms with Gasteiger partial charge in [-0.3, -0.25) is 0 Å². The topological polar surface area (TPSA) is 62.6 Å². The number of nitrogens with zero attached hydrogens (tertiary/aromatic N) is 1.